The number of aliphatic hydroxyl groups excluding tert-OH is 1. The topological polar surface area (TPSA) is 158 Å². The fourth-order valence-electron chi connectivity index (χ4n) is 7.11. The van der Waals surface area contributed by atoms with Crippen LogP contribution in [0.2, 0.25) is 0 Å². The molecule has 0 radical (unpaired) electrons. The summed E-state index contributed by atoms with van der Waals surface area (Å²) in [6, 6.07) is 27.8. The number of amides is 1. The average molecular weight is 821 g/mol. The first-order valence-electron chi connectivity index (χ1n) is 20.4. The van der Waals surface area contributed by atoms with Crippen LogP contribution in [0, 0.1) is 0 Å². The maximum Gasteiger partial charge on any atom is 0.409 e. The molecule has 0 aromatic heterocycles. The van der Waals surface area contributed by atoms with Gasteiger partial charge in [-0.3, -0.25) is 15.3 Å². The van der Waals surface area contributed by atoms with Crippen LogP contribution in [-0.2, 0) is 37.0 Å². The number of fused-ring (bicyclic) bond motifs is 1. The number of methoxy groups -OCH3 is 2. The summed E-state index contributed by atoms with van der Waals surface area (Å²) in [6.45, 7) is 4.62. The number of ether oxygens (including phenoxy) is 7. The lowest BCUT2D eigenvalue weighted by atomic mass is 9.84. The minimum Gasteiger partial charge on any atom is -0.496 e. The molecule has 1 saturated heterocycles. The Hall–Kier alpha value is -4.51. The first-order chi connectivity index (χ1) is 28.8. The number of hydrogen-bond donors (Lipinski definition) is 3. The molecule has 0 aliphatic carbocycles. The van der Waals surface area contributed by atoms with Gasteiger partial charge >= 0.3 is 6.09 Å². The van der Waals surface area contributed by atoms with Crippen molar-refractivity contribution in [3.8, 4) is 17.2 Å². The number of likely N-dealkylation sites (tertiary alicyclic amines) is 1. The van der Waals surface area contributed by atoms with Crippen molar-refractivity contribution in [1.29, 1.82) is 0 Å². The molecule has 4 aromatic rings. The molecule has 1 aliphatic rings. The van der Waals surface area contributed by atoms with Crippen LogP contribution in [0.3, 0.4) is 0 Å². The standard InChI is InChI=1S/C45H60N2O12/c1-4-37(48)32-58-43-29-46(45(49)56-23-11-5-6-12-25-59-47(50)51)28-42(57-30-33-26-35-14-7-9-16-39(35)41(27-33)53-3)44(43)34-18-20-38(21-19-34)55-24-13-22-54-31-36-15-8-10-17-40(36)52-2/h7-10,14-21,26-27,37,42-44,48,50-51H,4-6,11-13,22-25,28-32H2,1-3H3. The molecule has 1 fully saturated rings. The fraction of sp³-hybridized carbons (Fsp3) is 0.489. The number of nitrogens with zero attached hydrogens (tertiary/aromatic N) is 2. The largest absolute Gasteiger partial charge is 0.496 e. The highest BCUT2D eigenvalue weighted by molar-refractivity contribution is 5.89. The third-order valence-corrected chi connectivity index (χ3v) is 10.3. The van der Waals surface area contributed by atoms with Gasteiger partial charge in [0, 0.05) is 23.3 Å². The van der Waals surface area contributed by atoms with Gasteiger partial charge in [0.05, 0.1) is 97.3 Å². The van der Waals surface area contributed by atoms with Crippen molar-refractivity contribution >= 4 is 16.9 Å². The summed E-state index contributed by atoms with van der Waals surface area (Å²) in [7, 11) is 3.30. The number of aliphatic hydroxyl groups is 1. The average Bonchev–Trinajstić information content (AvgIpc) is 3.26. The predicted octanol–water partition coefficient (Wildman–Crippen LogP) is 7.69. The van der Waals surface area contributed by atoms with Crippen LogP contribution in [0.15, 0.2) is 84.9 Å². The Morgan fingerprint density at radius 2 is 1.49 bits per heavy atom. The molecule has 4 aromatic carbocycles. The lowest BCUT2D eigenvalue weighted by molar-refractivity contribution is -0.492. The number of para-hydroxylation sites is 1. The zero-order chi connectivity index (χ0) is 41.8. The minimum absolute atomic E-state index is 0.101. The van der Waals surface area contributed by atoms with E-state index < -0.39 is 24.4 Å². The molecule has 14 nitrogen and oxygen atoms in total. The number of hydrogen-bond acceptors (Lipinski definition) is 13. The zero-order valence-corrected chi connectivity index (χ0v) is 34.4. The molecule has 5 rings (SSSR count). The van der Waals surface area contributed by atoms with Gasteiger partial charge in [-0.25, -0.2) is 4.79 Å². The SMILES string of the molecule is CCC(O)COC1CN(C(=O)OCCCCCCON(O)O)CC(OCc2cc(OC)c3ccccc3c2)C1c1ccc(OCCCOCc2ccccc2OC)cc1. The molecular formula is C45H60N2O12. The second-order valence-corrected chi connectivity index (χ2v) is 14.5. The van der Waals surface area contributed by atoms with Crippen molar-refractivity contribution in [2.24, 2.45) is 0 Å². The van der Waals surface area contributed by atoms with Gasteiger partial charge in [-0.15, -0.1) is 0 Å². The van der Waals surface area contributed by atoms with E-state index in [0.29, 0.717) is 45.5 Å². The monoisotopic (exact) mass is 820 g/mol. The van der Waals surface area contributed by atoms with Gasteiger partial charge in [-0.2, -0.15) is 0 Å². The van der Waals surface area contributed by atoms with Gasteiger partial charge in [0.1, 0.15) is 17.2 Å². The molecule has 322 valence electrons. The van der Waals surface area contributed by atoms with Gasteiger partial charge < -0.3 is 43.2 Å². The van der Waals surface area contributed by atoms with Crippen LogP contribution < -0.4 is 14.2 Å². The lowest BCUT2D eigenvalue weighted by Gasteiger charge is -2.43. The fourth-order valence-corrected chi connectivity index (χ4v) is 7.11. The second kappa shape index (κ2) is 24.5. The molecule has 1 amide bonds. The molecule has 4 unspecified atom stereocenters. The van der Waals surface area contributed by atoms with E-state index in [9.17, 15) is 9.90 Å². The van der Waals surface area contributed by atoms with Crippen LogP contribution in [-0.4, -0.2) is 111 Å². The van der Waals surface area contributed by atoms with E-state index in [-0.39, 0.29) is 50.8 Å². The molecule has 4 atom stereocenters. The molecular weight excluding hydrogens is 760 g/mol. The van der Waals surface area contributed by atoms with Crippen LogP contribution in [0.5, 0.6) is 17.2 Å². The molecule has 0 spiro atoms. The van der Waals surface area contributed by atoms with E-state index >= 15 is 0 Å². The van der Waals surface area contributed by atoms with E-state index in [2.05, 4.69) is 10.9 Å². The highest BCUT2D eigenvalue weighted by Gasteiger charge is 2.42. The molecule has 3 N–H and O–H groups in total. The van der Waals surface area contributed by atoms with Crippen LogP contribution in [0.4, 0.5) is 4.79 Å². The van der Waals surface area contributed by atoms with Crippen LogP contribution in [0.1, 0.15) is 68.1 Å². The minimum atomic E-state index is -0.667. The third-order valence-electron chi connectivity index (χ3n) is 10.3. The lowest BCUT2D eigenvalue weighted by Crippen LogP contribution is -2.55. The molecule has 59 heavy (non-hydrogen) atoms. The Morgan fingerprint density at radius 3 is 2.24 bits per heavy atom. The summed E-state index contributed by atoms with van der Waals surface area (Å²) in [5, 5.41) is 29.6. The maximum atomic E-state index is 13.6. The van der Waals surface area contributed by atoms with Crippen molar-refractivity contribution in [2.45, 2.75) is 82.9 Å². The Labute approximate surface area is 346 Å². The normalized spacial score (nSPS) is 17.3. The number of carbonyl (C=O) groups excluding carboxylic acids is 1. The predicted molar refractivity (Wildman–Crippen MR) is 220 cm³/mol. The summed E-state index contributed by atoms with van der Waals surface area (Å²) >= 11 is 0. The summed E-state index contributed by atoms with van der Waals surface area (Å²) in [4.78, 5) is 19.8. The van der Waals surface area contributed by atoms with Crippen LogP contribution >= 0.6 is 0 Å². The third kappa shape index (κ3) is 14.3. The van der Waals surface area contributed by atoms with E-state index in [1.54, 1.807) is 19.1 Å². The highest BCUT2D eigenvalue weighted by Crippen LogP contribution is 2.36. The zero-order valence-electron chi connectivity index (χ0n) is 34.4. The Kier molecular flexibility index (Phi) is 19.0. The number of benzene rings is 4. The maximum absolute atomic E-state index is 13.6. The van der Waals surface area contributed by atoms with Gasteiger partial charge in [-0.05, 0) is 72.5 Å². The number of carbonyl (C=O) groups is 1. The Balaban J connectivity index is 1.27. The van der Waals surface area contributed by atoms with E-state index in [0.717, 1.165) is 57.6 Å². The number of unbranched alkanes of at least 4 members (excludes halogenated alkanes) is 3. The second-order valence-electron chi connectivity index (χ2n) is 14.5. The quantitative estimate of drug-likeness (QED) is 0.0442. The molecule has 0 bridgehead atoms. The molecule has 14 heteroatoms. The van der Waals surface area contributed by atoms with Crippen LogP contribution in [0.25, 0.3) is 10.8 Å². The highest BCUT2D eigenvalue weighted by atomic mass is 17.1. The van der Waals surface area contributed by atoms with Crippen molar-refractivity contribution in [3.63, 3.8) is 0 Å². The van der Waals surface area contributed by atoms with Crippen molar-refractivity contribution < 1.29 is 58.3 Å². The molecule has 1 heterocycles. The van der Waals surface area contributed by atoms with Gasteiger partial charge in [0.25, 0.3) is 0 Å². The molecule has 1 aliphatic heterocycles. The first kappa shape index (κ1) is 45.6. The van der Waals surface area contributed by atoms with Crippen molar-refractivity contribution in [3.05, 3.63) is 102 Å². The summed E-state index contributed by atoms with van der Waals surface area (Å²) in [6.07, 6.45) is 1.89. The first-order valence-corrected chi connectivity index (χ1v) is 20.4. The number of rotatable bonds is 25. The van der Waals surface area contributed by atoms with E-state index in [1.165, 1.54) is 0 Å². The summed E-state index contributed by atoms with van der Waals surface area (Å²) in [5.74, 6) is 1.98. The number of piperidine rings is 1. The summed E-state index contributed by atoms with van der Waals surface area (Å²) < 4.78 is 42.0. The molecule has 0 saturated carbocycles. The Bertz CT molecular complexity index is 1830. The van der Waals surface area contributed by atoms with Gasteiger partial charge in [-0.1, -0.05) is 67.9 Å². The smallest absolute Gasteiger partial charge is 0.409 e. The Morgan fingerprint density at radius 1 is 0.780 bits per heavy atom. The van der Waals surface area contributed by atoms with E-state index in [1.807, 2.05) is 85.8 Å². The van der Waals surface area contributed by atoms with Gasteiger partial charge in [0.15, 0.2) is 0 Å². The van der Waals surface area contributed by atoms with Crippen molar-refractivity contribution in [1.82, 2.24) is 10.3 Å². The summed E-state index contributed by atoms with van der Waals surface area (Å²) in [5.41, 5.74) is 2.87. The van der Waals surface area contributed by atoms with Crippen molar-refractivity contribution in [2.75, 3.05) is 60.3 Å². The van der Waals surface area contributed by atoms with Gasteiger partial charge in [0.2, 0.25) is 0 Å². The van der Waals surface area contributed by atoms with E-state index in [4.69, 9.17) is 43.6 Å².